The lowest BCUT2D eigenvalue weighted by Gasteiger charge is -2.07. The van der Waals surface area contributed by atoms with Crippen LogP contribution >= 0.6 is 0 Å². The zero-order valence-electron chi connectivity index (χ0n) is 14.1. The van der Waals surface area contributed by atoms with Gasteiger partial charge in [-0.25, -0.2) is 4.98 Å². The van der Waals surface area contributed by atoms with Gasteiger partial charge in [0.2, 0.25) is 0 Å². The van der Waals surface area contributed by atoms with Gasteiger partial charge in [0.05, 0.1) is 6.20 Å². The van der Waals surface area contributed by atoms with Gasteiger partial charge in [0.1, 0.15) is 23.0 Å². The summed E-state index contributed by atoms with van der Waals surface area (Å²) in [6, 6.07) is 14.9. The Bertz CT molecular complexity index is 1020. The van der Waals surface area contributed by atoms with Gasteiger partial charge < -0.3 is 20.0 Å². The van der Waals surface area contributed by atoms with E-state index in [2.05, 4.69) is 20.1 Å². The number of nitrogens with zero attached hydrogens (tertiary/aromatic N) is 3. The van der Waals surface area contributed by atoms with E-state index in [0.29, 0.717) is 34.7 Å². The zero-order valence-corrected chi connectivity index (χ0v) is 14.1. The summed E-state index contributed by atoms with van der Waals surface area (Å²) in [6.45, 7) is 1.97. The van der Waals surface area contributed by atoms with Gasteiger partial charge in [0, 0.05) is 17.7 Å². The first-order valence-corrected chi connectivity index (χ1v) is 8.23. The number of hydrogen-bond acceptors (Lipinski definition) is 6. The second kappa shape index (κ2) is 6.72. The second-order valence-corrected chi connectivity index (χ2v) is 5.71. The van der Waals surface area contributed by atoms with Crippen LogP contribution in [0.1, 0.15) is 12.7 Å². The number of aromatic amines is 1. The number of nitrogen functional groups attached to an aromatic ring is 1. The smallest absolute Gasteiger partial charge is 0.275 e. The van der Waals surface area contributed by atoms with Crippen molar-refractivity contribution in [1.29, 1.82) is 0 Å². The lowest BCUT2D eigenvalue weighted by Crippen LogP contribution is -1.88. The third kappa shape index (κ3) is 3.27. The third-order valence-electron chi connectivity index (χ3n) is 3.81. The Morgan fingerprint density at radius 3 is 2.73 bits per heavy atom. The van der Waals surface area contributed by atoms with Gasteiger partial charge in [-0.3, -0.25) is 0 Å². The Labute approximate surface area is 149 Å². The largest absolute Gasteiger partial charge is 0.457 e. The Hall–Kier alpha value is -3.61. The summed E-state index contributed by atoms with van der Waals surface area (Å²) in [5.41, 5.74) is 7.96. The lowest BCUT2D eigenvalue weighted by atomic mass is 10.2. The summed E-state index contributed by atoms with van der Waals surface area (Å²) in [7, 11) is 0. The van der Waals surface area contributed by atoms with E-state index < -0.39 is 0 Å². The molecule has 2 heterocycles. The number of hydrogen-bond donors (Lipinski definition) is 2. The normalized spacial score (nSPS) is 10.8. The molecule has 0 atom stereocenters. The van der Waals surface area contributed by atoms with Crippen LogP contribution < -0.4 is 10.5 Å². The number of rotatable bonds is 5. The summed E-state index contributed by atoms with van der Waals surface area (Å²) in [4.78, 5) is 11.9. The Morgan fingerprint density at radius 1 is 1.12 bits per heavy atom. The quantitative estimate of drug-likeness (QED) is 0.528. The first-order valence-electron chi connectivity index (χ1n) is 8.23. The number of nitrogens with one attached hydrogen (secondary N) is 1. The van der Waals surface area contributed by atoms with Gasteiger partial charge in [-0.05, 0) is 36.4 Å². The Kier molecular flexibility index (Phi) is 4.10. The molecule has 0 aliphatic carbocycles. The van der Waals surface area contributed by atoms with Crippen LogP contribution in [0.3, 0.4) is 0 Å². The van der Waals surface area contributed by atoms with E-state index in [0.717, 1.165) is 17.7 Å². The minimum Gasteiger partial charge on any atom is -0.457 e. The number of H-pyrrole nitrogens is 1. The molecule has 0 spiro atoms. The predicted octanol–water partition coefficient (Wildman–Crippen LogP) is 4.06. The van der Waals surface area contributed by atoms with Crippen molar-refractivity contribution in [3.8, 4) is 34.5 Å². The molecule has 2 aromatic heterocycles. The number of aromatic nitrogens is 4. The Balaban J connectivity index is 1.57. The maximum atomic E-state index is 5.87. The summed E-state index contributed by atoms with van der Waals surface area (Å²) < 4.78 is 11.1. The molecule has 0 saturated carbocycles. The van der Waals surface area contributed by atoms with Crippen molar-refractivity contribution < 1.29 is 9.26 Å². The highest BCUT2D eigenvalue weighted by Crippen LogP contribution is 2.27. The van der Waals surface area contributed by atoms with Gasteiger partial charge in [-0.1, -0.05) is 24.2 Å². The van der Waals surface area contributed by atoms with Crippen LogP contribution in [0.5, 0.6) is 11.5 Å². The molecule has 7 nitrogen and oxygen atoms in total. The molecule has 2 aromatic carbocycles. The molecule has 130 valence electrons. The first kappa shape index (κ1) is 15.9. The molecule has 0 amide bonds. The molecule has 4 aromatic rings. The van der Waals surface area contributed by atoms with E-state index in [1.807, 2.05) is 43.3 Å². The summed E-state index contributed by atoms with van der Waals surface area (Å²) in [5, 5.41) is 3.90. The maximum Gasteiger partial charge on any atom is 0.275 e. The van der Waals surface area contributed by atoms with Gasteiger partial charge >= 0.3 is 0 Å². The van der Waals surface area contributed by atoms with Crippen LogP contribution in [0, 0.1) is 0 Å². The molecular formula is C19H17N5O2. The summed E-state index contributed by atoms with van der Waals surface area (Å²) >= 11 is 0. The zero-order chi connectivity index (χ0) is 17.9. The lowest BCUT2D eigenvalue weighted by molar-refractivity contribution is 0.422. The number of ether oxygens (including phenoxy) is 1. The van der Waals surface area contributed by atoms with Crippen LogP contribution in [0.25, 0.3) is 23.0 Å². The topological polar surface area (TPSA) is 103 Å². The predicted molar refractivity (Wildman–Crippen MR) is 97.6 cm³/mol. The average molecular weight is 347 g/mol. The van der Waals surface area contributed by atoms with Gasteiger partial charge in [-0.15, -0.1) is 0 Å². The highest BCUT2D eigenvalue weighted by atomic mass is 16.5. The molecule has 0 fully saturated rings. The fourth-order valence-corrected chi connectivity index (χ4v) is 2.46. The molecule has 0 radical (unpaired) electrons. The first-order chi connectivity index (χ1) is 12.7. The fraction of sp³-hybridized carbons (Fsp3) is 0.105. The minimum absolute atomic E-state index is 0.426. The van der Waals surface area contributed by atoms with Crippen LogP contribution in [-0.2, 0) is 6.42 Å². The standard InChI is InChI=1S/C19H17N5O2/c1-2-17-23-19(26-24-17)16-11-21-18(22-16)12-4-3-5-15(10-12)25-14-8-6-13(20)7-9-14/h3-11H,2,20H2,1H3,(H,21,22). The van der Waals surface area contributed by atoms with Gasteiger partial charge in [-0.2, -0.15) is 4.98 Å². The van der Waals surface area contributed by atoms with Crippen molar-refractivity contribution in [2.75, 3.05) is 5.73 Å². The maximum absolute atomic E-state index is 5.87. The van der Waals surface area contributed by atoms with Crippen molar-refractivity contribution in [3.05, 3.63) is 60.6 Å². The number of imidazole rings is 1. The summed E-state index contributed by atoms with van der Waals surface area (Å²) in [5.74, 6) is 3.20. The Morgan fingerprint density at radius 2 is 1.96 bits per heavy atom. The SMILES string of the molecule is CCc1noc(-c2cnc(-c3cccc(Oc4ccc(N)cc4)c3)[nH]2)n1. The van der Waals surface area contributed by atoms with Crippen LogP contribution in [-0.4, -0.2) is 20.1 Å². The minimum atomic E-state index is 0.426. The highest BCUT2D eigenvalue weighted by molar-refractivity contribution is 5.61. The van der Waals surface area contributed by atoms with Crippen LogP contribution in [0.15, 0.2) is 59.3 Å². The molecule has 7 heteroatoms. The van der Waals surface area contributed by atoms with Crippen molar-refractivity contribution in [3.63, 3.8) is 0 Å². The molecule has 0 saturated heterocycles. The molecule has 0 aliphatic rings. The molecule has 4 rings (SSSR count). The van der Waals surface area contributed by atoms with Crippen LogP contribution in [0.4, 0.5) is 5.69 Å². The van der Waals surface area contributed by atoms with E-state index >= 15 is 0 Å². The molecule has 3 N–H and O–H groups in total. The second-order valence-electron chi connectivity index (χ2n) is 5.71. The van der Waals surface area contributed by atoms with Gasteiger partial charge in [0.25, 0.3) is 5.89 Å². The molecule has 0 aliphatic heterocycles. The number of anilines is 1. The summed E-state index contributed by atoms with van der Waals surface area (Å²) in [6.07, 6.45) is 2.39. The average Bonchev–Trinajstić information content (AvgIpc) is 3.33. The number of aryl methyl sites for hydroxylation is 1. The number of benzene rings is 2. The highest BCUT2D eigenvalue weighted by Gasteiger charge is 2.12. The van der Waals surface area contributed by atoms with Gasteiger partial charge in [0.15, 0.2) is 5.82 Å². The van der Waals surface area contributed by atoms with Crippen molar-refractivity contribution in [2.24, 2.45) is 0 Å². The molecule has 0 unspecified atom stereocenters. The van der Waals surface area contributed by atoms with Crippen molar-refractivity contribution >= 4 is 5.69 Å². The van der Waals surface area contributed by atoms with E-state index in [4.69, 9.17) is 15.0 Å². The van der Waals surface area contributed by atoms with E-state index in [1.54, 1.807) is 18.3 Å². The number of nitrogens with two attached hydrogens (primary N) is 1. The van der Waals surface area contributed by atoms with E-state index in [-0.39, 0.29) is 0 Å². The molecular weight excluding hydrogens is 330 g/mol. The van der Waals surface area contributed by atoms with E-state index in [9.17, 15) is 0 Å². The third-order valence-corrected chi connectivity index (χ3v) is 3.81. The van der Waals surface area contributed by atoms with Crippen LogP contribution in [0.2, 0.25) is 0 Å². The van der Waals surface area contributed by atoms with Crippen molar-refractivity contribution in [1.82, 2.24) is 20.1 Å². The monoisotopic (exact) mass is 347 g/mol. The van der Waals surface area contributed by atoms with E-state index in [1.165, 1.54) is 0 Å². The van der Waals surface area contributed by atoms with Crippen molar-refractivity contribution in [2.45, 2.75) is 13.3 Å². The fourth-order valence-electron chi connectivity index (χ4n) is 2.46. The molecule has 0 bridgehead atoms. The molecule has 26 heavy (non-hydrogen) atoms.